The second-order valence-corrected chi connectivity index (χ2v) is 4.46. The average molecular weight is 182 g/mol. The van der Waals surface area contributed by atoms with Gasteiger partial charge in [0.15, 0.2) is 0 Å². The van der Waals surface area contributed by atoms with Crippen LogP contribution in [0.25, 0.3) is 0 Å². The number of rotatable bonds is 1. The van der Waals surface area contributed by atoms with Gasteiger partial charge in [-0.1, -0.05) is 0 Å². The first kappa shape index (κ1) is 7.80. The molecular weight excluding hydrogens is 172 g/mol. The minimum atomic E-state index is -0.671. The van der Waals surface area contributed by atoms with E-state index in [-0.39, 0.29) is 5.92 Å². The standard InChI is InChI=1S/C9H10O2S/c1-5-4-6-2-3-7(9(10)11)8(6)12-5/h4,7H,2-3H2,1H3,(H,10,11). The summed E-state index contributed by atoms with van der Waals surface area (Å²) in [5.74, 6) is -0.894. The predicted octanol–water partition coefficient (Wildman–Crippen LogP) is 2.17. The van der Waals surface area contributed by atoms with Crippen molar-refractivity contribution in [3.05, 3.63) is 21.4 Å². The molecule has 3 heteroatoms. The van der Waals surface area contributed by atoms with Gasteiger partial charge in [0.25, 0.3) is 0 Å². The van der Waals surface area contributed by atoms with Gasteiger partial charge >= 0.3 is 5.97 Å². The highest BCUT2D eigenvalue weighted by atomic mass is 32.1. The fourth-order valence-corrected chi connectivity index (χ4v) is 2.94. The van der Waals surface area contributed by atoms with Gasteiger partial charge in [0.1, 0.15) is 0 Å². The van der Waals surface area contributed by atoms with Crippen LogP contribution in [0, 0.1) is 6.92 Å². The first-order valence-electron chi connectivity index (χ1n) is 4.00. The largest absolute Gasteiger partial charge is 0.481 e. The highest BCUT2D eigenvalue weighted by molar-refractivity contribution is 7.12. The molecular formula is C9H10O2S. The Balaban J connectivity index is 2.41. The highest BCUT2D eigenvalue weighted by Gasteiger charge is 2.29. The van der Waals surface area contributed by atoms with Crippen LogP contribution >= 0.6 is 11.3 Å². The van der Waals surface area contributed by atoms with Crippen LogP contribution < -0.4 is 0 Å². The van der Waals surface area contributed by atoms with E-state index in [0.29, 0.717) is 0 Å². The van der Waals surface area contributed by atoms with Crippen molar-refractivity contribution in [2.45, 2.75) is 25.7 Å². The minimum Gasteiger partial charge on any atom is -0.481 e. The van der Waals surface area contributed by atoms with E-state index in [2.05, 4.69) is 6.07 Å². The molecule has 0 amide bonds. The molecule has 1 N–H and O–H groups in total. The maximum atomic E-state index is 10.8. The summed E-state index contributed by atoms with van der Waals surface area (Å²) >= 11 is 1.63. The molecule has 0 saturated heterocycles. The van der Waals surface area contributed by atoms with Crippen LogP contribution in [0.5, 0.6) is 0 Å². The second kappa shape index (κ2) is 2.59. The summed E-state index contributed by atoms with van der Waals surface area (Å²) in [6.07, 6.45) is 1.73. The number of hydrogen-bond acceptors (Lipinski definition) is 2. The molecule has 0 bridgehead atoms. The van der Waals surface area contributed by atoms with E-state index < -0.39 is 5.97 Å². The number of aryl methyl sites for hydroxylation is 2. The summed E-state index contributed by atoms with van der Waals surface area (Å²) in [5.41, 5.74) is 1.25. The molecule has 2 nitrogen and oxygen atoms in total. The zero-order valence-electron chi connectivity index (χ0n) is 6.83. The Kier molecular flexibility index (Phi) is 1.68. The zero-order chi connectivity index (χ0) is 8.72. The smallest absolute Gasteiger partial charge is 0.311 e. The second-order valence-electron chi connectivity index (χ2n) is 3.18. The number of carboxylic acid groups (broad SMARTS) is 1. The summed E-state index contributed by atoms with van der Waals surface area (Å²) in [7, 11) is 0. The van der Waals surface area contributed by atoms with Crippen LogP contribution in [0.3, 0.4) is 0 Å². The Hall–Kier alpha value is -0.830. The molecule has 1 aliphatic rings. The van der Waals surface area contributed by atoms with Crippen molar-refractivity contribution in [1.82, 2.24) is 0 Å². The number of hydrogen-bond donors (Lipinski definition) is 1. The topological polar surface area (TPSA) is 37.3 Å². The first-order valence-corrected chi connectivity index (χ1v) is 4.82. The Morgan fingerprint density at radius 1 is 1.75 bits per heavy atom. The summed E-state index contributed by atoms with van der Waals surface area (Å²) < 4.78 is 0. The lowest BCUT2D eigenvalue weighted by Gasteiger charge is -2.00. The molecule has 2 rings (SSSR count). The summed E-state index contributed by atoms with van der Waals surface area (Å²) in [6.45, 7) is 2.03. The SMILES string of the molecule is Cc1cc2c(s1)C(C(=O)O)CC2. The molecule has 0 spiro atoms. The van der Waals surface area contributed by atoms with E-state index in [1.807, 2.05) is 6.92 Å². The predicted molar refractivity (Wildman–Crippen MR) is 47.8 cm³/mol. The van der Waals surface area contributed by atoms with E-state index >= 15 is 0 Å². The van der Waals surface area contributed by atoms with Gasteiger partial charge in [-0.2, -0.15) is 0 Å². The van der Waals surface area contributed by atoms with Gasteiger partial charge in [0.2, 0.25) is 0 Å². The van der Waals surface area contributed by atoms with Crippen molar-refractivity contribution in [2.24, 2.45) is 0 Å². The van der Waals surface area contributed by atoms with E-state index in [4.69, 9.17) is 5.11 Å². The van der Waals surface area contributed by atoms with Gasteiger partial charge in [0.05, 0.1) is 5.92 Å². The van der Waals surface area contributed by atoms with Gasteiger partial charge in [-0.05, 0) is 31.4 Å². The Labute approximate surface area is 74.8 Å². The summed E-state index contributed by atoms with van der Waals surface area (Å²) in [4.78, 5) is 13.1. The van der Waals surface area contributed by atoms with E-state index in [1.165, 1.54) is 10.4 Å². The van der Waals surface area contributed by atoms with Crippen molar-refractivity contribution in [2.75, 3.05) is 0 Å². The third-order valence-corrected chi connectivity index (χ3v) is 3.49. The Morgan fingerprint density at radius 3 is 3.17 bits per heavy atom. The van der Waals surface area contributed by atoms with Gasteiger partial charge in [0, 0.05) is 9.75 Å². The summed E-state index contributed by atoms with van der Waals surface area (Å²) in [6, 6.07) is 2.11. The monoisotopic (exact) mass is 182 g/mol. The quantitative estimate of drug-likeness (QED) is 0.722. The third kappa shape index (κ3) is 1.05. The molecule has 1 aromatic heterocycles. The highest BCUT2D eigenvalue weighted by Crippen LogP contribution is 2.38. The normalized spacial score (nSPS) is 20.9. The molecule has 0 fully saturated rings. The molecule has 1 aliphatic carbocycles. The molecule has 0 radical (unpaired) electrons. The molecule has 64 valence electrons. The molecule has 0 aliphatic heterocycles. The van der Waals surface area contributed by atoms with Crippen LogP contribution in [0.4, 0.5) is 0 Å². The van der Waals surface area contributed by atoms with Crippen LogP contribution in [-0.2, 0) is 11.2 Å². The Morgan fingerprint density at radius 2 is 2.50 bits per heavy atom. The number of thiophene rings is 1. The van der Waals surface area contributed by atoms with E-state index in [1.54, 1.807) is 11.3 Å². The van der Waals surface area contributed by atoms with Crippen molar-refractivity contribution >= 4 is 17.3 Å². The minimum absolute atomic E-state index is 0.223. The molecule has 12 heavy (non-hydrogen) atoms. The van der Waals surface area contributed by atoms with Crippen LogP contribution in [0.1, 0.15) is 27.7 Å². The summed E-state index contributed by atoms with van der Waals surface area (Å²) in [5, 5.41) is 8.88. The maximum absolute atomic E-state index is 10.8. The lowest BCUT2D eigenvalue weighted by molar-refractivity contribution is -0.138. The van der Waals surface area contributed by atoms with Crippen LogP contribution in [0.2, 0.25) is 0 Å². The molecule has 0 saturated carbocycles. The maximum Gasteiger partial charge on any atom is 0.311 e. The van der Waals surface area contributed by atoms with Crippen LogP contribution in [-0.4, -0.2) is 11.1 Å². The van der Waals surface area contributed by atoms with Crippen molar-refractivity contribution < 1.29 is 9.90 Å². The molecule has 1 unspecified atom stereocenters. The lowest BCUT2D eigenvalue weighted by Crippen LogP contribution is -2.06. The number of aliphatic carboxylic acids is 1. The van der Waals surface area contributed by atoms with Gasteiger partial charge in [-0.25, -0.2) is 0 Å². The fraction of sp³-hybridized carbons (Fsp3) is 0.444. The first-order chi connectivity index (χ1) is 5.68. The average Bonchev–Trinajstić information content (AvgIpc) is 2.43. The lowest BCUT2D eigenvalue weighted by atomic mass is 10.1. The zero-order valence-corrected chi connectivity index (χ0v) is 7.65. The van der Waals surface area contributed by atoms with Gasteiger partial charge in [-0.3, -0.25) is 4.79 Å². The van der Waals surface area contributed by atoms with Crippen molar-refractivity contribution in [1.29, 1.82) is 0 Å². The van der Waals surface area contributed by atoms with Gasteiger partial charge < -0.3 is 5.11 Å². The van der Waals surface area contributed by atoms with Crippen molar-refractivity contribution in [3.63, 3.8) is 0 Å². The van der Waals surface area contributed by atoms with E-state index in [0.717, 1.165) is 17.7 Å². The van der Waals surface area contributed by atoms with Gasteiger partial charge in [-0.15, -0.1) is 11.3 Å². The third-order valence-electron chi connectivity index (χ3n) is 2.28. The molecule has 1 heterocycles. The number of carboxylic acids is 1. The number of fused-ring (bicyclic) bond motifs is 1. The molecule has 1 aromatic rings. The van der Waals surface area contributed by atoms with Crippen molar-refractivity contribution in [3.8, 4) is 0 Å². The van der Waals surface area contributed by atoms with Crippen LogP contribution in [0.15, 0.2) is 6.07 Å². The fourth-order valence-electron chi connectivity index (χ4n) is 1.74. The molecule has 1 atom stereocenters. The van der Waals surface area contributed by atoms with E-state index in [9.17, 15) is 4.79 Å². The Bertz CT molecular complexity index is 327. The molecule has 0 aromatic carbocycles. The number of carbonyl (C=O) groups is 1.